The number of carbonyl (C=O) groups excluding carboxylic acids is 2. The standard InChI is InChI=1S/C16H24N4O3/c1-11-8-14(17-23-11)16(22)20-9-12(10-20)15(21)19(3)13-4-6-18(2)7-5-13/h8,12-13H,4-7,9-10H2,1-3H3. The maximum Gasteiger partial charge on any atom is 0.276 e. The molecule has 1 aromatic rings. The van der Waals surface area contributed by atoms with Crippen LogP contribution in [0.25, 0.3) is 0 Å². The van der Waals surface area contributed by atoms with Gasteiger partial charge < -0.3 is 19.2 Å². The first kappa shape index (κ1) is 16.0. The maximum absolute atomic E-state index is 12.6. The minimum Gasteiger partial charge on any atom is -0.361 e. The van der Waals surface area contributed by atoms with Crippen molar-refractivity contribution in [2.45, 2.75) is 25.8 Å². The number of carbonyl (C=O) groups is 2. The smallest absolute Gasteiger partial charge is 0.276 e. The van der Waals surface area contributed by atoms with Gasteiger partial charge in [0.05, 0.1) is 5.92 Å². The van der Waals surface area contributed by atoms with E-state index in [0.717, 1.165) is 25.9 Å². The van der Waals surface area contributed by atoms with Gasteiger partial charge in [0.25, 0.3) is 5.91 Å². The van der Waals surface area contributed by atoms with Crippen LogP contribution in [0.4, 0.5) is 0 Å². The molecule has 2 aliphatic rings. The number of nitrogens with zero attached hydrogens (tertiary/aromatic N) is 4. The van der Waals surface area contributed by atoms with Crippen molar-refractivity contribution in [2.24, 2.45) is 5.92 Å². The first-order valence-electron chi connectivity index (χ1n) is 8.13. The Hall–Kier alpha value is -1.89. The number of hydrogen-bond acceptors (Lipinski definition) is 5. The van der Waals surface area contributed by atoms with Gasteiger partial charge in [-0.2, -0.15) is 0 Å². The molecule has 0 atom stereocenters. The molecule has 126 valence electrons. The quantitative estimate of drug-likeness (QED) is 0.816. The molecule has 7 nitrogen and oxygen atoms in total. The third-order valence-electron chi connectivity index (χ3n) is 4.95. The van der Waals surface area contributed by atoms with E-state index in [1.807, 2.05) is 11.9 Å². The van der Waals surface area contributed by atoms with Crippen LogP contribution in [0.2, 0.25) is 0 Å². The summed E-state index contributed by atoms with van der Waals surface area (Å²) >= 11 is 0. The molecular formula is C16H24N4O3. The van der Waals surface area contributed by atoms with Gasteiger partial charge in [0, 0.05) is 32.2 Å². The molecule has 2 saturated heterocycles. The fourth-order valence-electron chi connectivity index (χ4n) is 3.28. The number of hydrogen-bond donors (Lipinski definition) is 0. The summed E-state index contributed by atoms with van der Waals surface area (Å²) in [5.74, 6) is 0.521. The van der Waals surface area contributed by atoms with Crippen LogP contribution in [-0.2, 0) is 4.79 Å². The monoisotopic (exact) mass is 320 g/mol. The average molecular weight is 320 g/mol. The number of aromatic nitrogens is 1. The molecule has 0 spiro atoms. The zero-order valence-electron chi connectivity index (χ0n) is 14.0. The molecule has 0 aromatic carbocycles. The van der Waals surface area contributed by atoms with Gasteiger partial charge in [0.1, 0.15) is 5.76 Å². The van der Waals surface area contributed by atoms with Gasteiger partial charge in [0.2, 0.25) is 5.91 Å². The molecular weight excluding hydrogens is 296 g/mol. The third-order valence-corrected chi connectivity index (χ3v) is 4.95. The highest BCUT2D eigenvalue weighted by molar-refractivity contribution is 5.94. The number of piperidine rings is 1. The van der Waals surface area contributed by atoms with Gasteiger partial charge >= 0.3 is 0 Å². The predicted molar refractivity (Wildman–Crippen MR) is 83.9 cm³/mol. The van der Waals surface area contributed by atoms with Gasteiger partial charge in [-0.05, 0) is 39.9 Å². The summed E-state index contributed by atoms with van der Waals surface area (Å²) in [5.41, 5.74) is 0.317. The van der Waals surface area contributed by atoms with Crippen molar-refractivity contribution in [3.8, 4) is 0 Å². The minimum atomic E-state index is -0.159. The minimum absolute atomic E-state index is 0.0865. The molecule has 2 fully saturated rings. The van der Waals surface area contributed by atoms with E-state index >= 15 is 0 Å². The van der Waals surface area contributed by atoms with Gasteiger partial charge in [-0.3, -0.25) is 9.59 Å². The summed E-state index contributed by atoms with van der Waals surface area (Å²) in [6.07, 6.45) is 2.04. The second-order valence-corrected chi connectivity index (χ2v) is 6.71. The number of likely N-dealkylation sites (tertiary alicyclic amines) is 2. The van der Waals surface area contributed by atoms with E-state index in [1.54, 1.807) is 17.9 Å². The molecule has 0 N–H and O–H groups in total. The van der Waals surface area contributed by atoms with Crippen LogP contribution in [0, 0.1) is 12.8 Å². The van der Waals surface area contributed by atoms with Gasteiger partial charge in [0.15, 0.2) is 5.69 Å². The Labute approximate surface area is 136 Å². The molecule has 1 aromatic heterocycles. The average Bonchev–Trinajstić information content (AvgIpc) is 2.92. The lowest BCUT2D eigenvalue weighted by molar-refractivity contribution is -0.141. The Morgan fingerprint density at radius 2 is 1.96 bits per heavy atom. The number of rotatable bonds is 3. The van der Waals surface area contributed by atoms with E-state index < -0.39 is 0 Å². The van der Waals surface area contributed by atoms with Crippen molar-refractivity contribution in [1.29, 1.82) is 0 Å². The van der Waals surface area contributed by atoms with Crippen LogP contribution in [0.15, 0.2) is 10.6 Å². The van der Waals surface area contributed by atoms with Crippen molar-refractivity contribution in [2.75, 3.05) is 40.3 Å². The normalized spacial score (nSPS) is 20.4. The fourth-order valence-corrected chi connectivity index (χ4v) is 3.28. The first-order valence-corrected chi connectivity index (χ1v) is 8.13. The van der Waals surface area contributed by atoms with Crippen molar-refractivity contribution in [1.82, 2.24) is 19.9 Å². The SMILES string of the molecule is Cc1cc(C(=O)N2CC(C(=O)N(C)C3CCN(C)CC3)C2)no1. The molecule has 3 heterocycles. The van der Waals surface area contributed by atoms with Crippen LogP contribution >= 0.6 is 0 Å². The highest BCUT2D eigenvalue weighted by atomic mass is 16.5. The van der Waals surface area contributed by atoms with E-state index in [1.165, 1.54) is 0 Å². The maximum atomic E-state index is 12.6. The molecule has 0 unspecified atom stereocenters. The largest absolute Gasteiger partial charge is 0.361 e. The summed E-state index contributed by atoms with van der Waals surface area (Å²) in [6, 6.07) is 1.95. The second-order valence-electron chi connectivity index (χ2n) is 6.71. The lowest BCUT2D eigenvalue weighted by atomic mass is 9.95. The van der Waals surface area contributed by atoms with E-state index in [2.05, 4.69) is 17.1 Å². The molecule has 0 bridgehead atoms. The lowest BCUT2D eigenvalue weighted by Gasteiger charge is -2.42. The second kappa shape index (κ2) is 6.31. The number of aryl methyl sites for hydroxylation is 1. The van der Waals surface area contributed by atoms with Crippen LogP contribution in [0.1, 0.15) is 29.1 Å². The fraction of sp³-hybridized carbons (Fsp3) is 0.688. The molecule has 0 saturated carbocycles. The zero-order chi connectivity index (χ0) is 16.6. The molecule has 2 aliphatic heterocycles. The summed E-state index contributed by atoms with van der Waals surface area (Å²) in [4.78, 5) is 30.6. The Balaban J connectivity index is 1.50. The first-order chi connectivity index (χ1) is 11.0. The summed E-state index contributed by atoms with van der Waals surface area (Å²) in [6.45, 7) is 4.76. The van der Waals surface area contributed by atoms with Gasteiger partial charge in [-0.25, -0.2) is 0 Å². The van der Waals surface area contributed by atoms with Gasteiger partial charge in [-0.1, -0.05) is 5.16 Å². The lowest BCUT2D eigenvalue weighted by Crippen LogP contribution is -2.57. The van der Waals surface area contributed by atoms with E-state index in [9.17, 15) is 9.59 Å². The van der Waals surface area contributed by atoms with Crippen LogP contribution in [-0.4, -0.2) is 78.0 Å². The summed E-state index contributed by atoms with van der Waals surface area (Å²) in [5, 5.41) is 3.74. The molecule has 23 heavy (non-hydrogen) atoms. The highest BCUT2D eigenvalue weighted by Crippen LogP contribution is 2.23. The van der Waals surface area contributed by atoms with Crippen molar-refractivity contribution in [3.05, 3.63) is 17.5 Å². The Bertz CT molecular complexity index is 586. The zero-order valence-corrected chi connectivity index (χ0v) is 14.0. The Kier molecular flexibility index (Phi) is 4.39. The van der Waals surface area contributed by atoms with E-state index in [-0.39, 0.29) is 17.7 Å². The number of amides is 2. The molecule has 0 aliphatic carbocycles. The van der Waals surface area contributed by atoms with Crippen molar-refractivity contribution in [3.63, 3.8) is 0 Å². The molecule has 3 rings (SSSR count). The van der Waals surface area contributed by atoms with Crippen LogP contribution in [0.3, 0.4) is 0 Å². The molecule has 0 radical (unpaired) electrons. The van der Waals surface area contributed by atoms with E-state index in [4.69, 9.17) is 4.52 Å². The molecule has 2 amide bonds. The van der Waals surface area contributed by atoms with Crippen LogP contribution < -0.4 is 0 Å². The summed E-state index contributed by atoms with van der Waals surface area (Å²) < 4.78 is 4.93. The van der Waals surface area contributed by atoms with Crippen molar-refractivity contribution < 1.29 is 14.1 Å². The Morgan fingerprint density at radius 3 is 2.52 bits per heavy atom. The predicted octanol–water partition coefficient (Wildman–Crippen LogP) is 0.608. The van der Waals surface area contributed by atoms with Crippen LogP contribution in [0.5, 0.6) is 0 Å². The van der Waals surface area contributed by atoms with Crippen molar-refractivity contribution >= 4 is 11.8 Å². The van der Waals surface area contributed by atoms with E-state index in [0.29, 0.717) is 30.6 Å². The van der Waals surface area contributed by atoms with Gasteiger partial charge in [-0.15, -0.1) is 0 Å². The summed E-state index contributed by atoms with van der Waals surface area (Å²) in [7, 11) is 4.00. The topological polar surface area (TPSA) is 69.9 Å². The highest BCUT2D eigenvalue weighted by Gasteiger charge is 2.39. The third kappa shape index (κ3) is 3.24. The Morgan fingerprint density at radius 1 is 1.30 bits per heavy atom. The molecule has 7 heteroatoms.